The van der Waals surface area contributed by atoms with E-state index < -0.39 is 5.41 Å². The van der Waals surface area contributed by atoms with Gasteiger partial charge in [-0.05, 0) is 0 Å². The molecule has 4 nitrogen and oxygen atoms in total. The van der Waals surface area contributed by atoms with Gasteiger partial charge in [-0.15, -0.1) is 0 Å². The highest BCUT2D eigenvalue weighted by atomic mass is 16.7. The van der Waals surface area contributed by atoms with Crippen molar-refractivity contribution in [3.63, 3.8) is 0 Å². The van der Waals surface area contributed by atoms with Gasteiger partial charge in [-0.3, -0.25) is 4.79 Å². The van der Waals surface area contributed by atoms with E-state index in [1.54, 1.807) is 0 Å². The molecule has 0 aromatic heterocycles. The number of hydrogen-bond donors (Lipinski definition) is 0. The van der Waals surface area contributed by atoms with E-state index in [2.05, 4.69) is 0 Å². The lowest BCUT2D eigenvalue weighted by Gasteiger charge is -2.25. The van der Waals surface area contributed by atoms with E-state index in [9.17, 15) is 4.79 Å². The van der Waals surface area contributed by atoms with Crippen LogP contribution in [0.2, 0.25) is 0 Å². The van der Waals surface area contributed by atoms with E-state index in [1.165, 1.54) is 0 Å². The summed E-state index contributed by atoms with van der Waals surface area (Å²) < 4.78 is 16.1. The molecule has 2 bridgehead atoms. The molecular weight excluding hydrogens is 196 g/mol. The van der Waals surface area contributed by atoms with Crippen molar-refractivity contribution < 1.29 is 19.0 Å². The zero-order chi connectivity index (χ0) is 10.3. The normalized spacial score (nSPS) is 39.7. The Balaban J connectivity index is 1.79. The van der Waals surface area contributed by atoms with Gasteiger partial charge >= 0.3 is 5.97 Å². The predicted octanol–water partition coefficient (Wildman–Crippen LogP) is 1.01. The molecule has 2 saturated heterocycles. The summed E-state index contributed by atoms with van der Waals surface area (Å²) in [5.41, 5.74) is -0.474. The fraction of sp³-hybridized carbons (Fsp3) is 0.727. The highest BCUT2D eigenvalue weighted by Gasteiger charge is 2.50. The maximum absolute atomic E-state index is 11.8. The molecule has 2 atom stereocenters. The van der Waals surface area contributed by atoms with Crippen molar-refractivity contribution in [3.8, 4) is 0 Å². The second-order valence-corrected chi connectivity index (χ2v) is 4.40. The highest BCUT2D eigenvalue weighted by molar-refractivity contribution is 5.82. The van der Waals surface area contributed by atoms with Gasteiger partial charge in [0.1, 0.15) is 6.10 Å². The Hall–Kier alpha value is -0.870. The molecule has 4 heteroatoms. The number of carbonyl (C=O) groups is 1. The lowest BCUT2D eigenvalue weighted by atomic mass is 9.77. The minimum absolute atomic E-state index is 0.0731. The molecule has 82 valence electrons. The minimum atomic E-state index is -0.474. The average Bonchev–Trinajstić information content (AvgIpc) is 2.76. The summed E-state index contributed by atoms with van der Waals surface area (Å²) in [6.45, 7) is 1.26. The molecule has 3 aliphatic rings. The number of ether oxygens (including phenoxy) is 3. The molecule has 0 unspecified atom stereocenters. The molecule has 0 aromatic rings. The summed E-state index contributed by atoms with van der Waals surface area (Å²) in [6, 6.07) is 0. The first-order chi connectivity index (χ1) is 7.28. The zero-order valence-corrected chi connectivity index (χ0v) is 8.48. The van der Waals surface area contributed by atoms with Gasteiger partial charge in [0.15, 0.2) is 6.29 Å². The third kappa shape index (κ3) is 1.48. The van der Waals surface area contributed by atoms with Crippen molar-refractivity contribution in [1.29, 1.82) is 0 Å². The van der Waals surface area contributed by atoms with Gasteiger partial charge in [-0.1, -0.05) is 12.2 Å². The van der Waals surface area contributed by atoms with Gasteiger partial charge in [0.05, 0.1) is 18.6 Å². The Labute approximate surface area is 88.2 Å². The standard InChI is InChI=1S/C11H14O4/c12-10-11(7-9-13-4-5-14-9)3-1-2-8(6-11)15-10/h1,3,8-9H,2,4-7H2/t8-,11+/m1/s1. The van der Waals surface area contributed by atoms with Crippen LogP contribution in [0.3, 0.4) is 0 Å². The van der Waals surface area contributed by atoms with E-state index in [0.29, 0.717) is 19.6 Å². The van der Waals surface area contributed by atoms with Crippen molar-refractivity contribution in [2.45, 2.75) is 31.7 Å². The van der Waals surface area contributed by atoms with Gasteiger partial charge in [-0.2, -0.15) is 0 Å². The molecule has 0 spiro atoms. The largest absolute Gasteiger partial charge is 0.461 e. The van der Waals surface area contributed by atoms with Crippen molar-refractivity contribution in [3.05, 3.63) is 12.2 Å². The van der Waals surface area contributed by atoms with Crippen LogP contribution in [-0.2, 0) is 19.0 Å². The Morgan fingerprint density at radius 3 is 3.00 bits per heavy atom. The third-order valence-electron chi connectivity index (χ3n) is 3.33. The Morgan fingerprint density at radius 1 is 1.40 bits per heavy atom. The lowest BCUT2D eigenvalue weighted by molar-refractivity contribution is -0.150. The first-order valence-electron chi connectivity index (χ1n) is 5.40. The number of rotatable bonds is 2. The SMILES string of the molecule is O=C1O[C@@H]2CC=C[C@@]1(CC1OCCO1)C2. The topological polar surface area (TPSA) is 44.8 Å². The summed E-state index contributed by atoms with van der Waals surface area (Å²) in [4.78, 5) is 11.8. The molecule has 0 saturated carbocycles. The van der Waals surface area contributed by atoms with Crippen LogP contribution >= 0.6 is 0 Å². The molecule has 0 amide bonds. The van der Waals surface area contributed by atoms with Crippen LogP contribution < -0.4 is 0 Å². The number of esters is 1. The quantitative estimate of drug-likeness (QED) is 0.504. The summed E-state index contributed by atoms with van der Waals surface area (Å²) in [7, 11) is 0. The van der Waals surface area contributed by atoms with E-state index in [-0.39, 0.29) is 18.4 Å². The van der Waals surface area contributed by atoms with Crippen molar-refractivity contribution >= 4 is 5.97 Å². The molecule has 1 aliphatic carbocycles. The van der Waals surface area contributed by atoms with Crippen molar-refractivity contribution in [2.24, 2.45) is 5.41 Å². The summed E-state index contributed by atoms with van der Waals surface area (Å²) in [6.07, 6.45) is 6.07. The molecule has 0 N–H and O–H groups in total. The molecular formula is C11H14O4. The van der Waals surface area contributed by atoms with Gasteiger partial charge in [-0.25, -0.2) is 0 Å². The van der Waals surface area contributed by atoms with E-state index in [4.69, 9.17) is 14.2 Å². The van der Waals surface area contributed by atoms with Gasteiger partial charge in [0.2, 0.25) is 0 Å². The maximum atomic E-state index is 11.8. The second kappa shape index (κ2) is 3.32. The Morgan fingerprint density at radius 2 is 2.20 bits per heavy atom. The summed E-state index contributed by atoms with van der Waals surface area (Å²) in [5.74, 6) is -0.111. The fourth-order valence-corrected chi connectivity index (χ4v) is 2.57. The van der Waals surface area contributed by atoms with Crippen LogP contribution in [0.1, 0.15) is 19.3 Å². The summed E-state index contributed by atoms with van der Waals surface area (Å²) in [5, 5.41) is 0. The second-order valence-electron chi connectivity index (χ2n) is 4.40. The Kier molecular flexibility index (Phi) is 2.07. The monoisotopic (exact) mass is 210 g/mol. The van der Waals surface area contributed by atoms with E-state index >= 15 is 0 Å². The average molecular weight is 210 g/mol. The van der Waals surface area contributed by atoms with Gasteiger partial charge < -0.3 is 14.2 Å². The number of hydrogen-bond acceptors (Lipinski definition) is 4. The number of fused-ring (bicyclic) bond motifs is 2. The number of carbonyl (C=O) groups excluding carboxylic acids is 1. The van der Waals surface area contributed by atoms with Crippen LogP contribution in [0.5, 0.6) is 0 Å². The minimum Gasteiger partial charge on any atom is -0.461 e. The molecule has 2 aliphatic heterocycles. The smallest absolute Gasteiger partial charge is 0.316 e. The summed E-state index contributed by atoms with van der Waals surface area (Å²) >= 11 is 0. The zero-order valence-electron chi connectivity index (χ0n) is 8.48. The molecule has 0 radical (unpaired) electrons. The first-order valence-corrected chi connectivity index (χ1v) is 5.40. The van der Waals surface area contributed by atoms with Crippen molar-refractivity contribution in [1.82, 2.24) is 0 Å². The highest BCUT2D eigenvalue weighted by Crippen LogP contribution is 2.44. The van der Waals surface area contributed by atoms with Crippen LogP contribution in [0.4, 0.5) is 0 Å². The first kappa shape index (κ1) is 9.36. The van der Waals surface area contributed by atoms with Crippen LogP contribution in [0.25, 0.3) is 0 Å². The maximum Gasteiger partial charge on any atom is 0.316 e. The molecule has 2 fully saturated rings. The van der Waals surface area contributed by atoms with Gasteiger partial charge in [0, 0.05) is 19.3 Å². The Bertz CT molecular complexity index is 306. The van der Waals surface area contributed by atoms with Gasteiger partial charge in [0.25, 0.3) is 0 Å². The van der Waals surface area contributed by atoms with E-state index in [1.807, 2.05) is 12.2 Å². The lowest BCUT2D eigenvalue weighted by Crippen LogP contribution is -2.30. The third-order valence-corrected chi connectivity index (χ3v) is 3.33. The molecule has 0 aromatic carbocycles. The molecule has 3 rings (SSSR count). The molecule has 2 heterocycles. The van der Waals surface area contributed by atoms with Crippen LogP contribution in [-0.4, -0.2) is 31.6 Å². The van der Waals surface area contributed by atoms with E-state index in [0.717, 1.165) is 12.8 Å². The predicted molar refractivity (Wildman–Crippen MR) is 51.0 cm³/mol. The van der Waals surface area contributed by atoms with Crippen LogP contribution in [0.15, 0.2) is 12.2 Å². The molecule has 15 heavy (non-hydrogen) atoms. The van der Waals surface area contributed by atoms with Crippen molar-refractivity contribution in [2.75, 3.05) is 13.2 Å². The fourth-order valence-electron chi connectivity index (χ4n) is 2.57. The van der Waals surface area contributed by atoms with Crippen LogP contribution in [0, 0.1) is 5.41 Å².